The Morgan fingerprint density at radius 3 is 2.24 bits per heavy atom. The minimum atomic E-state index is -0.0912. The van der Waals surface area contributed by atoms with Gasteiger partial charge in [-0.05, 0) is 29.8 Å². The molecule has 0 amide bonds. The third-order valence-corrected chi connectivity index (χ3v) is 2.44. The molecule has 0 saturated carbocycles. The van der Waals surface area contributed by atoms with Crippen LogP contribution in [-0.4, -0.2) is 16.0 Å². The Morgan fingerprint density at radius 2 is 1.59 bits per heavy atom. The van der Waals surface area contributed by atoms with E-state index in [9.17, 15) is 15.0 Å². The summed E-state index contributed by atoms with van der Waals surface area (Å²) < 4.78 is 0. The van der Waals surface area contributed by atoms with Crippen LogP contribution in [0.2, 0.25) is 0 Å². The highest BCUT2D eigenvalue weighted by atomic mass is 16.3. The van der Waals surface area contributed by atoms with E-state index in [-0.39, 0.29) is 23.7 Å². The molecule has 86 valence electrons. The topological polar surface area (TPSA) is 57.5 Å². The number of carbonyl (C=O) groups is 1. The number of hydrogen-bond donors (Lipinski definition) is 2. The maximum absolute atomic E-state index is 11.9. The summed E-state index contributed by atoms with van der Waals surface area (Å²) in [5.41, 5.74) is 1.21. The van der Waals surface area contributed by atoms with Gasteiger partial charge in [0.2, 0.25) is 0 Å². The molecule has 2 aromatic carbocycles. The van der Waals surface area contributed by atoms with Gasteiger partial charge in [0.1, 0.15) is 11.5 Å². The van der Waals surface area contributed by atoms with Crippen molar-refractivity contribution in [2.45, 2.75) is 6.42 Å². The van der Waals surface area contributed by atoms with Gasteiger partial charge < -0.3 is 10.2 Å². The normalized spacial score (nSPS) is 10.1. The molecule has 0 aliphatic rings. The van der Waals surface area contributed by atoms with Crippen molar-refractivity contribution in [3.05, 3.63) is 59.7 Å². The van der Waals surface area contributed by atoms with Crippen LogP contribution < -0.4 is 0 Å². The van der Waals surface area contributed by atoms with Crippen molar-refractivity contribution >= 4 is 5.78 Å². The van der Waals surface area contributed by atoms with Crippen molar-refractivity contribution in [1.82, 2.24) is 0 Å². The Bertz CT molecular complexity index is 547. The van der Waals surface area contributed by atoms with Crippen molar-refractivity contribution in [1.29, 1.82) is 0 Å². The van der Waals surface area contributed by atoms with Crippen molar-refractivity contribution in [3.8, 4) is 11.5 Å². The van der Waals surface area contributed by atoms with Gasteiger partial charge >= 0.3 is 0 Å². The van der Waals surface area contributed by atoms with E-state index < -0.39 is 0 Å². The first-order chi connectivity index (χ1) is 8.15. The summed E-state index contributed by atoms with van der Waals surface area (Å²) in [6.45, 7) is 0. The third-order valence-electron chi connectivity index (χ3n) is 2.44. The lowest BCUT2D eigenvalue weighted by atomic mass is 10.0. The Kier molecular flexibility index (Phi) is 3.10. The number of carbonyl (C=O) groups excluding carboxylic acids is 1. The fourth-order valence-electron chi connectivity index (χ4n) is 1.63. The predicted octanol–water partition coefficient (Wildman–Crippen LogP) is 2.52. The molecule has 0 heterocycles. The van der Waals surface area contributed by atoms with Gasteiger partial charge in [-0.25, -0.2) is 0 Å². The van der Waals surface area contributed by atoms with Gasteiger partial charge in [0.25, 0.3) is 0 Å². The highest BCUT2D eigenvalue weighted by Gasteiger charge is 2.07. The zero-order valence-electron chi connectivity index (χ0n) is 9.13. The number of Topliss-reactive ketones (excluding diaryl/α,β-unsaturated/α-hetero) is 1. The highest BCUT2D eigenvalue weighted by molar-refractivity contribution is 5.97. The average molecular weight is 228 g/mol. The van der Waals surface area contributed by atoms with Gasteiger partial charge in [0, 0.05) is 12.0 Å². The SMILES string of the molecule is O=C(Cc1cccc(O)c1)c1cccc(O)c1. The molecule has 0 spiro atoms. The molecule has 2 aromatic rings. The molecule has 0 aliphatic carbocycles. The number of benzene rings is 2. The zero-order valence-corrected chi connectivity index (χ0v) is 9.13. The standard InChI is InChI=1S/C14H12O3/c15-12-5-1-3-10(7-12)8-14(17)11-4-2-6-13(16)9-11/h1-7,9,15-16H,8H2. The summed E-state index contributed by atoms with van der Waals surface area (Å²) in [6, 6.07) is 12.8. The molecule has 2 rings (SSSR count). The van der Waals surface area contributed by atoms with E-state index in [1.54, 1.807) is 36.4 Å². The van der Waals surface area contributed by atoms with Crippen LogP contribution in [-0.2, 0) is 6.42 Å². The first kappa shape index (κ1) is 11.2. The van der Waals surface area contributed by atoms with Gasteiger partial charge in [-0.2, -0.15) is 0 Å². The highest BCUT2D eigenvalue weighted by Crippen LogP contribution is 2.16. The molecular weight excluding hydrogens is 216 g/mol. The number of hydrogen-bond acceptors (Lipinski definition) is 3. The van der Waals surface area contributed by atoms with Crippen LogP contribution in [0.4, 0.5) is 0 Å². The van der Waals surface area contributed by atoms with Crippen molar-refractivity contribution < 1.29 is 15.0 Å². The van der Waals surface area contributed by atoms with Crippen LogP contribution in [0.25, 0.3) is 0 Å². The van der Waals surface area contributed by atoms with Gasteiger partial charge in [-0.3, -0.25) is 4.79 Å². The molecule has 0 radical (unpaired) electrons. The van der Waals surface area contributed by atoms with Crippen molar-refractivity contribution in [2.24, 2.45) is 0 Å². The molecule has 0 aliphatic heterocycles. The molecule has 2 N–H and O–H groups in total. The minimum Gasteiger partial charge on any atom is -0.508 e. The summed E-state index contributed by atoms with van der Waals surface area (Å²) in [4.78, 5) is 11.9. The zero-order chi connectivity index (χ0) is 12.3. The van der Waals surface area contributed by atoms with E-state index in [4.69, 9.17) is 0 Å². The van der Waals surface area contributed by atoms with Gasteiger partial charge in [-0.1, -0.05) is 24.3 Å². The quantitative estimate of drug-likeness (QED) is 0.793. The average Bonchev–Trinajstić information content (AvgIpc) is 2.29. The van der Waals surface area contributed by atoms with E-state index in [2.05, 4.69) is 0 Å². The molecule has 0 atom stereocenters. The van der Waals surface area contributed by atoms with Gasteiger partial charge in [0.05, 0.1) is 0 Å². The van der Waals surface area contributed by atoms with Crippen molar-refractivity contribution in [3.63, 3.8) is 0 Å². The van der Waals surface area contributed by atoms with Gasteiger partial charge in [0.15, 0.2) is 5.78 Å². The Labute approximate surface area is 99.0 Å². The van der Waals surface area contributed by atoms with Crippen molar-refractivity contribution in [2.75, 3.05) is 0 Å². The van der Waals surface area contributed by atoms with Gasteiger partial charge in [-0.15, -0.1) is 0 Å². The first-order valence-electron chi connectivity index (χ1n) is 5.25. The molecule has 0 bridgehead atoms. The molecule has 17 heavy (non-hydrogen) atoms. The Balaban J connectivity index is 2.17. The molecule has 0 aromatic heterocycles. The fraction of sp³-hybridized carbons (Fsp3) is 0.0714. The molecule has 0 saturated heterocycles. The summed E-state index contributed by atoms with van der Waals surface area (Å²) in [5, 5.41) is 18.6. The fourth-order valence-corrected chi connectivity index (χ4v) is 1.63. The van der Waals surface area contributed by atoms with E-state index in [0.717, 1.165) is 5.56 Å². The third kappa shape index (κ3) is 2.84. The number of rotatable bonds is 3. The number of aromatic hydroxyl groups is 2. The molecule has 3 heteroatoms. The second kappa shape index (κ2) is 4.70. The first-order valence-corrected chi connectivity index (χ1v) is 5.25. The van der Waals surface area contributed by atoms with Crippen LogP contribution in [0.1, 0.15) is 15.9 Å². The molecular formula is C14H12O3. The van der Waals surface area contributed by atoms with Crippen LogP contribution in [0.15, 0.2) is 48.5 Å². The summed E-state index contributed by atoms with van der Waals surface area (Å²) in [7, 11) is 0. The Hall–Kier alpha value is -2.29. The van der Waals surface area contributed by atoms with Crippen LogP contribution in [0.5, 0.6) is 11.5 Å². The molecule has 0 unspecified atom stereocenters. The number of phenols is 2. The smallest absolute Gasteiger partial charge is 0.167 e. The maximum Gasteiger partial charge on any atom is 0.167 e. The van der Waals surface area contributed by atoms with E-state index in [1.165, 1.54) is 12.1 Å². The Morgan fingerprint density at radius 1 is 0.941 bits per heavy atom. The van der Waals surface area contributed by atoms with Crippen LogP contribution in [0, 0.1) is 0 Å². The minimum absolute atomic E-state index is 0.0757. The predicted molar refractivity (Wildman–Crippen MR) is 64.2 cm³/mol. The summed E-state index contributed by atoms with van der Waals surface area (Å²) in [5.74, 6) is 0.129. The molecule has 3 nitrogen and oxygen atoms in total. The van der Waals surface area contributed by atoms with E-state index in [0.29, 0.717) is 5.56 Å². The largest absolute Gasteiger partial charge is 0.508 e. The summed E-state index contributed by atoms with van der Waals surface area (Å²) >= 11 is 0. The second-order valence-electron chi connectivity index (χ2n) is 3.82. The lowest BCUT2D eigenvalue weighted by Crippen LogP contribution is -2.02. The molecule has 0 fully saturated rings. The van der Waals surface area contributed by atoms with Crippen LogP contribution in [0.3, 0.4) is 0 Å². The summed E-state index contributed by atoms with van der Waals surface area (Å²) in [6.07, 6.45) is 0.206. The maximum atomic E-state index is 11.9. The number of ketones is 1. The second-order valence-corrected chi connectivity index (χ2v) is 3.82. The lowest BCUT2D eigenvalue weighted by Gasteiger charge is -2.02. The lowest BCUT2D eigenvalue weighted by molar-refractivity contribution is 0.0992. The van der Waals surface area contributed by atoms with Crippen LogP contribution >= 0.6 is 0 Å². The number of phenolic OH excluding ortho intramolecular Hbond substituents is 2. The monoisotopic (exact) mass is 228 g/mol. The van der Waals surface area contributed by atoms with E-state index in [1.807, 2.05) is 0 Å². The van der Waals surface area contributed by atoms with E-state index >= 15 is 0 Å².